The lowest BCUT2D eigenvalue weighted by atomic mass is 10.2. The van der Waals surface area contributed by atoms with Gasteiger partial charge in [-0.25, -0.2) is 4.98 Å². The predicted octanol–water partition coefficient (Wildman–Crippen LogP) is 3.10. The highest BCUT2D eigenvalue weighted by Crippen LogP contribution is 2.33. The summed E-state index contributed by atoms with van der Waals surface area (Å²) in [5.74, 6) is 0.415. The number of carbonyl (C=O) groups excluding carboxylic acids is 1. The number of nitrogens with zero attached hydrogens (tertiary/aromatic N) is 1. The molecule has 1 aliphatic carbocycles. The molecule has 8 heteroatoms. The monoisotopic (exact) mass is 357 g/mol. The smallest absolute Gasteiger partial charge is 0.355 e. The van der Waals surface area contributed by atoms with Crippen molar-refractivity contribution in [3.8, 4) is 0 Å². The summed E-state index contributed by atoms with van der Waals surface area (Å²) in [5, 5.41) is 3.46. The van der Waals surface area contributed by atoms with Crippen molar-refractivity contribution >= 4 is 27.5 Å². The second-order valence-electron chi connectivity index (χ2n) is 6.09. The lowest BCUT2D eigenvalue weighted by Crippen LogP contribution is -2.38. The van der Waals surface area contributed by atoms with Gasteiger partial charge in [0.1, 0.15) is 0 Å². The summed E-state index contributed by atoms with van der Waals surface area (Å²) in [6.45, 7) is 0.471. The quantitative estimate of drug-likeness (QED) is 0.835. The van der Waals surface area contributed by atoms with Crippen molar-refractivity contribution in [1.82, 2.24) is 10.3 Å². The molecule has 1 unspecified atom stereocenters. The van der Waals surface area contributed by atoms with Gasteiger partial charge in [-0.2, -0.15) is 13.2 Å². The Morgan fingerprint density at radius 1 is 1.42 bits per heavy atom. The van der Waals surface area contributed by atoms with Crippen molar-refractivity contribution in [3.05, 3.63) is 28.8 Å². The second kappa shape index (κ2) is 6.68. The van der Waals surface area contributed by atoms with Crippen LogP contribution < -0.4 is 11.1 Å². The van der Waals surface area contributed by atoms with Crippen molar-refractivity contribution in [1.29, 1.82) is 0 Å². The zero-order chi connectivity index (χ0) is 17.3. The Kier molecular flexibility index (Phi) is 4.78. The van der Waals surface area contributed by atoms with E-state index in [0.717, 1.165) is 25.0 Å². The Morgan fingerprint density at radius 3 is 2.83 bits per heavy atom. The van der Waals surface area contributed by atoms with Gasteiger partial charge in [-0.05, 0) is 37.0 Å². The fourth-order valence-corrected chi connectivity index (χ4v) is 3.44. The summed E-state index contributed by atoms with van der Waals surface area (Å²) >= 11 is 1.31. The minimum atomic E-state index is -4.38. The normalized spacial score (nSPS) is 16.3. The summed E-state index contributed by atoms with van der Waals surface area (Å²) in [6.07, 6.45) is -1.46. The number of alkyl halides is 3. The number of nitrogens with two attached hydrogens (primary N) is 1. The number of rotatable bonds is 6. The van der Waals surface area contributed by atoms with Gasteiger partial charge in [0.05, 0.1) is 20.8 Å². The van der Waals surface area contributed by atoms with Gasteiger partial charge in [0.2, 0.25) is 5.91 Å². The van der Waals surface area contributed by atoms with Crippen molar-refractivity contribution in [3.63, 3.8) is 0 Å². The van der Waals surface area contributed by atoms with Crippen LogP contribution >= 0.6 is 11.3 Å². The maximum absolute atomic E-state index is 12.7. The van der Waals surface area contributed by atoms with Crippen molar-refractivity contribution < 1.29 is 18.0 Å². The first-order chi connectivity index (χ1) is 11.3. The van der Waals surface area contributed by atoms with Crippen LogP contribution in [0.3, 0.4) is 0 Å². The Labute approximate surface area is 141 Å². The summed E-state index contributed by atoms with van der Waals surface area (Å²) < 4.78 is 38.8. The minimum absolute atomic E-state index is 0.0113. The number of fused-ring (bicyclic) bond motifs is 1. The number of amides is 1. The molecule has 0 aliphatic heterocycles. The van der Waals surface area contributed by atoms with Crippen LogP contribution in [0.15, 0.2) is 18.2 Å². The number of hydrogen-bond acceptors (Lipinski definition) is 4. The number of thiazole rings is 1. The van der Waals surface area contributed by atoms with Gasteiger partial charge in [-0.3, -0.25) is 4.79 Å². The van der Waals surface area contributed by atoms with Crippen LogP contribution in [-0.2, 0) is 17.4 Å². The molecule has 2 aromatic rings. The van der Waals surface area contributed by atoms with E-state index in [9.17, 15) is 18.0 Å². The van der Waals surface area contributed by atoms with E-state index in [1.807, 2.05) is 0 Å². The van der Waals surface area contributed by atoms with E-state index in [1.54, 1.807) is 0 Å². The molecule has 0 saturated heterocycles. The summed E-state index contributed by atoms with van der Waals surface area (Å²) in [7, 11) is 0. The lowest BCUT2D eigenvalue weighted by Gasteiger charge is -2.11. The number of hydrogen-bond donors (Lipinski definition) is 2. The maximum atomic E-state index is 12.7. The van der Waals surface area contributed by atoms with Gasteiger partial charge >= 0.3 is 6.18 Å². The van der Waals surface area contributed by atoms with Gasteiger partial charge in [-0.1, -0.05) is 0 Å². The molecule has 4 nitrogen and oxygen atoms in total. The molecule has 1 atom stereocenters. The highest BCUT2D eigenvalue weighted by molar-refractivity contribution is 7.18. The number of nitrogens with one attached hydrogen (secondary N) is 1. The molecule has 1 fully saturated rings. The van der Waals surface area contributed by atoms with Crippen LogP contribution in [0.1, 0.15) is 29.8 Å². The summed E-state index contributed by atoms with van der Waals surface area (Å²) in [6, 6.07) is 3.53. The van der Waals surface area contributed by atoms with Crippen LogP contribution in [0.2, 0.25) is 0 Å². The second-order valence-corrected chi connectivity index (χ2v) is 7.21. The Bertz CT molecular complexity index is 740. The van der Waals surface area contributed by atoms with Gasteiger partial charge in [0, 0.05) is 25.4 Å². The Hall–Kier alpha value is -1.67. The Morgan fingerprint density at radius 2 is 2.17 bits per heavy atom. The summed E-state index contributed by atoms with van der Waals surface area (Å²) in [4.78, 5) is 16.0. The van der Waals surface area contributed by atoms with Gasteiger partial charge in [0.25, 0.3) is 0 Å². The van der Waals surface area contributed by atoms with Crippen molar-refractivity contribution in [2.24, 2.45) is 11.7 Å². The van der Waals surface area contributed by atoms with Crippen molar-refractivity contribution in [2.45, 2.75) is 37.9 Å². The van der Waals surface area contributed by atoms with Gasteiger partial charge in [0.15, 0.2) is 0 Å². The molecule has 0 spiro atoms. The third kappa shape index (κ3) is 4.24. The molecule has 0 bridgehead atoms. The van der Waals surface area contributed by atoms with Crippen LogP contribution in [0, 0.1) is 5.92 Å². The fourth-order valence-electron chi connectivity index (χ4n) is 2.49. The topological polar surface area (TPSA) is 68.0 Å². The average Bonchev–Trinajstić information content (AvgIpc) is 3.29. The molecule has 3 rings (SSSR count). The predicted molar refractivity (Wildman–Crippen MR) is 86.7 cm³/mol. The van der Waals surface area contributed by atoms with E-state index in [1.165, 1.54) is 17.4 Å². The number of halogens is 3. The zero-order valence-corrected chi connectivity index (χ0v) is 13.7. The number of aryl methyl sites for hydroxylation is 1. The molecule has 1 amide bonds. The highest BCUT2D eigenvalue weighted by atomic mass is 32.1. The molecule has 1 aromatic carbocycles. The number of benzene rings is 1. The first kappa shape index (κ1) is 17.2. The lowest BCUT2D eigenvalue weighted by molar-refractivity contribution is -0.137. The van der Waals surface area contributed by atoms with E-state index in [4.69, 9.17) is 5.73 Å². The van der Waals surface area contributed by atoms with E-state index < -0.39 is 11.7 Å². The van der Waals surface area contributed by atoms with Crippen LogP contribution in [0.5, 0.6) is 0 Å². The number of aromatic nitrogens is 1. The van der Waals surface area contributed by atoms with Crippen LogP contribution in [0.25, 0.3) is 10.2 Å². The average molecular weight is 357 g/mol. The van der Waals surface area contributed by atoms with E-state index in [2.05, 4.69) is 10.3 Å². The van der Waals surface area contributed by atoms with E-state index >= 15 is 0 Å². The van der Waals surface area contributed by atoms with Crippen molar-refractivity contribution in [2.75, 3.05) is 6.54 Å². The SMILES string of the molecule is NC(CNC(=O)CCc1nc2cc(C(F)(F)F)ccc2s1)C1CC1. The third-order valence-corrected chi connectivity index (χ3v) is 5.18. The largest absolute Gasteiger partial charge is 0.416 e. The first-order valence-corrected chi connectivity index (χ1v) is 8.63. The fraction of sp³-hybridized carbons (Fsp3) is 0.500. The maximum Gasteiger partial charge on any atom is 0.416 e. The zero-order valence-electron chi connectivity index (χ0n) is 12.9. The molecule has 0 radical (unpaired) electrons. The molecule has 24 heavy (non-hydrogen) atoms. The highest BCUT2D eigenvalue weighted by Gasteiger charge is 2.31. The van der Waals surface area contributed by atoms with E-state index in [-0.39, 0.29) is 18.4 Å². The third-order valence-electron chi connectivity index (χ3n) is 4.09. The molecule has 1 aliphatic rings. The van der Waals surface area contributed by atoms with E-state index in [0.29, 0.717) is 34.1 Å². The van der Waals surface area contributed by atoms with Gasteiger partial charge in [-0.15, -0.1) is 11.3 Å². The molecule has 1 heterocycles. The van der Waals surface area contributed by atoms with Gasteiger partial charge < -0.3 is 11.1 Å². The molecule has 1 aromatic heterocycles. The Balaban J connectivity index is 1.55. The number of carbonyl (C=O) groups is 1. The molecule has 3 N–H and O–H groups in total. The molecular weight excluding hydrogens is 339 g/mol. The van der Waals surface area contributed by atoms with Crippen LogP contribution in [0.4, 0.5) is 13.2 Å². The molecule has 1 saturated carbocycles. The van der Waals surface area contributed by atoms with Crippen LogP contribution in [-0.4, -0.2) is 23.5 Å². The molecule has 130 valence electrons. The minimum Gasteiger partial charge on any atom is -0.355 e. The standard InChI is InChI=1S/C16H18F3N3OS/c17-16(18,19)10-3-4-13-12(7-10)22-15(24-13)6-5-14(23)21-8-11(20)9-1-2-9/h3-4,7,9,11H,1-2,5-6,8,20H2,(H,21,23). The summed E-state index contributed by atoms with van der Waals surface area (Å²) in [5.41, 5.74) is 5.53. The first-order valence-electron chi connectivity index (χ1n) is 7.82. The molecular formula is C16H18F3N3OS.